The third-order valence-electron chi connectivity index (χ3n) is 4.72. The normalized spacial score (nSPS) is 13.5. The molecule has 0 fully saturated rings. The molecule has 3 aromatic rings. The summed E-state index contributed by atoms with van der Waals surface area (Å²) in [5, 5.41) is 9.14. The molecular formula is C20H20ClN3S. The van der Waals surface area contributed by atoms with Crippen molar-refractivity contribution in [2.24, 2.45) is 0 Å². The monoisotopic (exact) mass is 369 g/mol. The molecule has 1 aliphatic carbocycles. The Kier molecular flexibility index (Phi) is 4.64. The van der Waals surface area contributed by atoms with E-state index in [0.29, 0.717) is 16.7 Å². The number of aryl methyl sites for hydroxylation is 2. The second kappa shape index (κ2) is 7.06. The molecule has 0 amide bonds. The highest BCUT2D eigenvalue weighted by atomic mass is 35.5. The number of thiocarbonyl (C=S) groups is 1. The zero-order valence-electron chi connectivity index (χ0n) is 13.9. The van der Waals surface area contributed by atoms with Crippen LogP contribution in [0.2, 0.25) is 5.02 Å². The summed E-state index contributed by atoms with van der Waals surface area (Å²) in [6, 6.07) is 14.1. The summed E-state index contributed by atoms with van der Waals surface area (Å²) in [5.41, 5.74) is 6.34. The molecule has 0 saturated carbocycles. The molecule has 1 aromatic heterocycles. The Bertz CT molecular complexity index is 915. The van der Waals surface area contributed by atoms with Crippen molar-refractivity contribution < 1.29 is 0 Å². The highest BCUT2D eigenvalue weighted by Gasteiger charge is 2.15. The van der Waals surface area contributed by atoms with E-state index in [1.54, 1.807) is 0 Å². The van der Waals surface area contributed by atoms with Crippen LogP contribution >= 0.6 is 23.8 Å². The minimum absolute atomic E-state index is 0.610. The third kappa shape index (κ3) is 3.65. The van der Waals surface area contributed by atoms with Crippen molar-refractivity contribution in [2.45, 2.75) is 32.2 Å². The lowest BCUT2D eigenvalue weighted by atomic mass is 9.95. The molecule has 0 unspecified atom stereocenters. The van der Waals surface area contributed by atoms with Crippen LogP contribution in [-0.2, 0) is 19.4 Å². The summed E-state index contributed by atoms with van der Waals surface area (Å²) in [6.07, 6.45) is 4.94. The Morgan fingerprint density at radius 2 is 1.88 bits per heavy atom. The third-order valence-corrected chi connectivity index (χ3v) is 5.22. The van der Waals surface area contributed by atoms with Crippen molar-refractivity contribution in [3.05, 3.63) is 64.3 Å². The Hall–Kier alpha value is -2.04. The highest BCUT2D eigenvalue weighted by molar-refractivity contribution is 7.80. The Balaban J connectivity index is 1.43. The van der Waals surface area contributed by atoms with Crippen LogP contribution in [0, 0.1) is 0 Å². The molecule has 0 atom stereocenters. The number of nitrogens with one attached hydrogen (secondary N) is 3. The van der Waals surface area contributed by atoms with Gasteiger partial charge in [0.2, 0.25) is 0 Å². The van der Waals surface area contributed by atoms with Gasteiger partial charge in [-0.05, 0) is 85.4 Å². The van der Waals surface area contributed by atoms with Gasteiger partial charge < -0.3 is 15.6 Å². The summed E-state index contributed by atoms with van der Waals surface area (Å²) < 4.78 is 0. The summed E-state index contributed by atoms with van der Waals surface area (Å²) in [5.74, 6) is 0. The number of anilines is 1. The van der Waals surface area contributed by atoms with E-state index in [9.17, 15) is 0 Å². The molecule has 1 aliphatic rings. The van der Waals surface area contributed by atoms with Crippen molar-refractivity contribution in [2.75, 3.05) is 5.32 Å². The van der Waals surface area contributed by atoms with Crippen molar-refractivity contribution in [1.29, 1.82) is 0 Å². The number of H-pyrrole nitrogens is 1. The number of benzene rings is 2. The van der Waals surface area contributed by atoms with E-state index in [-0.39, 0.29) is 0 Å². The average molecular weight is 370 g/mol. The molecule has 25 heavy (non-hydrogen) atoms. The maximum Gasteiger partial charge on any atom is 0.171 e. The van der Waals surface area contributed by atoms with E-state index in [1.165, 1.54) is 53.4 Å². The predicted octanol–water partition coefficient (Wildman–Crippen LogP) is 5.19. The molecule has 2 aromatic carbocycles. The molecule has 3 N–H and O–H groups in total. The summed E-state index contributed by atoms with van der Waals surface area (Å²) in [6.45, 7) is 0.704. The molecule has 5 heteroatoms. The fourth-order valence-corrected chi connectivity index (χ4v) is 3.77. The zero-order valence-corrected chi connectivity index (χ0v) is 15.4. The van der Waals surface area contributed by atoms with E-state index >= 15 is 0 Å². The molecule has 4 rings (SSSR count). The molecule has 0 radical (unpaired) electrons. The number of aromatic nitrogens is 1. The first kappa shape index (κ1) is 16.4. The number of hydrogen-bond acceptors (Lipinski definition) is 1. The number of fused-ring (bicyclic) bond motifs is 3. The standard InChI is InChI=1S/C20H20ClN3S/c21-14-6-8-15(9-7-14)23-20(25)22-12-13-5-10-19-17(11-13)16-3-1-2-4-18(16)24-19/h5-11,24H,1-4,12H2,(H2,22,23,25). The molecule has 0 saturated heterocycles. The van der Waals surface area contributed by atoms with Gasteiger partial charge >= 0.3 is 0 Å². The molecule has 0 aliphatic heterocycles. The fourth-order valence-electron chi connectivity index (χ4n) is 3.45. The predicted molar refractivity (Wildman–Crippen MR) is 109 cm³/mol. The van der Waals surface area contributed by atoms with E-state index in [2.05, 4.69) is 33.8 Å². The SMILES string of the molecule is S=C(NCc1ccc2[nH]c3c(c2c1)CCCC3)Nc1ccc(Cl)cc1. The number of halogens is 1. The second-order valence-corrected chi connectivity index (χ2v) is 7.33. The minimum atomic E-state index is 0.610. The Labute approximate surface area is 157 Å². The van der Waals surface area contributed by atoms with Crippen LogP contribution in [0.25, 0.3) is 10.9 Å². The average Bonchev–Trinajstić information content (AvgIpc) is 3.00. The maximum absolute atomic E-state index is 5.90. The van der Waals surface area contributed by atoms with Gasteiger partial charge in [0.15, 0.2) is 5.11 Å². The van der Waals surface area contributed by atoms with Crippen molar-refractivity contribution in [1.82, 2.24) is 10.3 Å². The molecular weight excluding hydrogens is 350 g/mol. The molecule has 0 bridgehead atoms. The second-order valence-electron chi connectivity index (χ2n) is 6.48. The number of hydrogen-bond donors (Lipinski definition) is 3. The van der Waals surface area contributed by atoms with Crippen molar-refractivity contribution >= 4 is 45.5 Å². The lowest BCUT2D eigenvalue weighted by Gasteiger charge is -2.12. The quantitative estimate of drug-likeness (QED) is 0.556. The lowest BCUT2D eigenvalue weighted by Crippen LogP contribution is -2.27. The van der Waals surface area contributed by atoms with Crippen LogP contribution in [0.15, 0.2) is 42.5 Å². The summed E-state index contributed by atoms with van der Waals surface area (Å²) >= 11 is 11.3. The van der Waals surface area contributed by atoms with Gasteiger partial charge in [0.05, 0.1) is 0 Å². The molecule has 128 valence electrons. The van der Waals surface area contributed by atoms with Crippen LogP contribution in [0.3, 0.4) is 0 Å². The minimum Gasteiger partial charge on any atom is -0.358 e. The number of aromatic amines is 1. The zero-order chi connectivity index (χ0) is 17.2. The van der Waals surface area contributed by atoms with Crippen LogP contribution in [0.5, 0.6) is 0 Å². The van der Waals surface area contributed by atoms with E-state index < -0.39 is 0 Å². The molecule has 3 nitrogen and oxygen atoms in total. The van der Waals surface area contributed by atoms with Crippen LogP contribution < -0.4 is 10.6 Å². The molecule has 0 spiro atoms. The Morgan fingerprint density at radius 3 is 2.72 bits per heavy atom. The van der Waals surface area contributed by atoms with Crippen LogP contribution in [-0.4, -0.2) is 10.1 Å². The van der Waals surface area contributed by atoms with Gasteiger partial charge in [-0.25, -0.2) is 0 Å². The maximum atomic E-state index is 5.90. The Morgan fingerprint density at radius 1 is 1.08 bits per heavy atom. The van der Waals surface area contributed by atoms with Gasteiger partial charge in [0.1, 0.15) is 0 Å². The first-order valence-corrected chi connectivity index (χ1v) is 9.40. The van der Waals surface area contributed by atoms with Crippen LogP contribution in [0.1, 0.15) is 29.7 Å². The van der Waals surface area contributed by atoms with E-state index in [4.69, 9.17) is 23.8 Å². The van der Waals surface area contributed by atoms with Gasteiger partial charge in [-0.1, -0.05) is 17.7 Å². The van der Waals surface area contributed by atoms with Gasteiger partial charge in [-0.3, -0.25) is 0 Å². The van der Waals surface area contributed by atoms with Crippen molar-refractivity contribution in [3.63, 3.8) is 0 Å². The molecule has 1 heterocycles. The van der Waals surface area contributed by atoms with Gasteiger partial charge in [-0.15, -0.1) is 0 Å². The van der Waals surface area contributed by atoms with Gasteiger partial charge in [-0.2, -0.15) is 0 Å². The van der Waals surface area contributed by atoms with Gasteiger partial charge in [0, 0.05) is 33.9 Å². The number of rotatable bonds is 3. The smallest absolute Gasteiger partial charge is 0.171 e. The van der Waals surface area contributed by atoms with Crippen molar-refractivity contribution in [3.8, 4) is 0 Å². The lowest BCUT2D eigenvalue weighted by molar-refractivity contribution is 0.680. The van der Waals surface area contributed by atoms with Crippen LogP contribution in [0.4, 0.5) is 5.69 Å². The van der Waals surface area contributed by atoms with Gasteiger partial charge in [0.25, 0.3) is 0 Å². The summed E-state index contributed by atoms with van der Waals surface area (Å²) in [4.78, 5) is 3.58. The highest BCUT2D eigenvalue weighted by Crippen LogP contribution is 2.29. The summed E-state index contributed by atoms with van der Waals surface area (Å²) in [7, 11) is 0. The largest absolute Gasteiger partial charge is 0.358 e. The fraction of sp³-hybridized carbons (Fsp3) is 0.250. The first-order valence-electron chi connectivity index (χ1n) is 8.62. The first-order chi connectivity index (χ1) is 12.2. The van der Waals surface area contributed by atoms with E-state index in [0.717, 1.165) is 5.69 Å². The van der Waals surface area contributed by atoms with E-state index in [1.807, 2.05) is 24.3 Å². The topological polar surface area (TPSA) is 39.9 Å².